The first-order chi connectivity index (χ1) is 12.3. The van der Waals surface area contributed by atoms with E-state index in [-0.39, 0.29) is 5.56 Å². The number of rotatable bonds is 3. The normalized spacial score (nSPS) is 18.5. The maximum atomic E-state index is 13.4. The van der Waals surface area contributed by atoms with Crippen molar-refractivity contribution in [2.75, 3.05) is 18.8 Å². The number of nitrogen functional groups attached to an aromatic ring is 1. The lowest BCUT2D eigenvalue weighted by molar-refractivity contribution is -0.131. The molecule has 1 saturated heterocycles. The van der Waals surface area contributed by atoms with Gasteiger partial charge < -0.3 is 16.0 Å². The Balaban J connectivity index is 1.73. The van der Waals surface area contributed by atoms with Gasteiger partial charge in [0, 0.05) is 18.0 Å². The lowest BCUT2D eigenvalue weighted by Crippen LogP contribution is -2.43. The average molecular weight is 359 g/mol. The standard InChI is InChI=1S/C17H15F2N5O2/c18-17(19)6-10(7-20)24(9-17)14(25)8-23-16(26)12-4-5-22-15-11(12)2-1-3-13(15)21/h1-5,10H,6,8-9,21H2,(H,23,26)/t10-/m1/s1. The fraction of sp³-hybridized carbons (Fsp3) is 0.294. The van der Waals surface area contributed by atoms with Gasteiger partial charge in [0.1, 0.15) is 6.04 Å². The molecular formula is C17H15F2N5O2. The molecule has 3 rings (SSSR count). The van der Waals surface area contributed by atoms with Crippen LogP contribution in [0.4, 0.5) is 14.5 Å². The zero-order valence-electron chi connectivity index (χ0n) is 13.6. The maximum Gasteiger partial charge on any atom is 0.268 e. The number of likely N-dealkylation sites (tertiary alicyclic amines) is 1. The van der Waals surface area contributed by atoms with Crippen LogP contribution in [0.1, 0.15) is 16.8 Å². The average Bonchev–Trinajstić information content (AvgIpc) is 2.94. The van der Waals surface area contributed by atoms with E-state index in [9.17, 15) is 18.4 Å². The second kappa shape index (κ2) is 6.55. The minimum Gasteiger partial charge on any atom is -0.397 e. The molecule has 7 nitrogen and oxygen atoms in total. The van der Waals surface area contributed by atoms with Crippen molar-refractivity contribution in [3.05, 3.63) is 36.0 Å². The third-order valence-corrected chi connectivity index (χ3v) is 4.19. The van der Waals surface area contributed by atoms with Crippen molar-refractivity contribution in [3.8, 4) is 6.07 Å². The number of nitrogens with one attached hydrogen (secondary N) is 1. The Labute approximate surface area is 147 Å². The molecule has 2 aromatic rings. The number of carbonyl (C=O) groups excluding carboxylic acids is 2. The van der Waals surface area contributed by atoms with Crippen molar-refractivity contribution in [2.24, 2.45) is 0 Å². The highest BCUT2D eigenvalue weighted by Gasteiger charge is 2.47. The van der Waals surface area contributed by atoms with Crippen LogP contribution in [-0.2, 0) is 4.79 Å². The SMILES string of the molecule is N#C[C@H]1CC(F)(F)CN1C(=O)CNC(=O)c1ccnc2c(N)cccc12. The van der Waals surface area contributed by atoms with Gasteiger partial charge >= 0.3 is 0 Å². The van der Waals surface area contributed by atoms with Gasteiger partial charge in [0.05, 0.1) is 35.9 Å². The zero-order chi connectivity index (χ0) is 18.9. The Morgan fingerprint density at radius 2 is 2.19 bits per heavy atom. The number of nitrogens with zero attached hydrogens (tertiary/aromatic N) is 3. The van der Waals surface area contributed by atoms with E-state index in [1.807, 2.05) is 0 Å². The lowest BCUT2D eigenvalue weighted by atomic mass is 10.1. The fourth-order valence-corrected chi connectivity index (χ4v) is 2.94. The molecule has 0 bridgehead atoms. The quantitative estimate of drug-likeness (QED) is 0.803. The molecule has 2 amide bonds. The van der Waals surface area contributed by atoms with E-state index in [0.717, 1.165) is 4.90 Å². The van der Waals surface area contributed by atoms with Crippen molar-refractivity contribution in [1.29, 1.82) is 5.26 Å². The van der Waals surface area contributed by atoms with E-state index in [1.165, 1.54) is 12.3 Å². The van der Waals surface area contributed by atoms with Crippen molar-refractivity contribution >= 4 is 28.4 Å². The first-order valence-corrected chi connectivity index (χ1v) is 7.81. The predicted molar refractivity (Wildman–Crippen MR) is 89.2 cm³/mol. The summed E-state index contributed by atoms with van der Waals surface area (Å²) in [7, 11) is 0. The molecule has 1 fully saturated rings. The van der Waals surface area contributed by atoms with E-state index >= 15 is 0 Å². The van der Waals surface area contributed by atoms with Crippen LogP contribution in [-0.4, -0.2) is 46.8 Å². The summed E-state index contributed by atoms with van der Waals surface area (Å²) in [5.74, 6) is -4.39. The number of anilines is 1. The van der Waals surface area contributed by atoms with Gasteiger partial charge in [0.25, 0.3) is 11.8 Å². The molecular weight excluding hydrogens is 344 g/mol. The number of nitrogens with two attached hydrogens (primary N) is 1. The van der Waals surface area contributed by atoms with Gasteiger partial charge in [-0.2, -0.15) is 5.26 Å². The summed E-state index contributed by atoms with van der Waals surface area (Å²) in [6, 6.07) is 6.96. The van der Waals surface area contributed by atoms with E-state index in [0.29, 0.717) is 16.6 Å². The molecule has 1 atom stereocenters. The molecule has 26 heavy (non-hydrogen) atoms. The zero-order valence-corrected chi connectivity index (χ0v) is 13.6. The minimum atomic E-state index is -3.10. The molecule has 2 heterocycles. The third-order valence-electron chi connectivity index (χ3n) is 4.19. The number of pyridine rings is 1. The number of carbonyl (C=O) groups is 2. The first kappa shape index (κ1) is 17.5. The summed E-state index contributed by atoms with van der Waals surface area (Å²) >= 11 is 0. The Morgan fingerprint density at radius 3 is 2.92 bits per heavy atom. The van der Waals surface area contributed by atoms with Crippen LogP contribution in [0.25, 0.3) is 10.9 Å². The van der Waals surface area contributed by atoms with Crippen molar-refractivity contribution in [2.45, 2.75) is 18.4 Å². The van der Waals surface area contributed by atoms with Crippen molar-refractivity contribution in [3.63, 3.8) is 0 Å². The minimum absolute atomic E-state index is 0.263. The highest BCUT2D eigenvalue weighted by molar-refractivity contribution is 6.08. The van der Waals surface area contributed by atoms with Crippen LogP contribution in [0.5, 0.6) is 0 Å². The number of benzene rings is 1. The second-order valence-electron chi connectivity index (χ2n) is 6.01. The molecule has 1 aliphatic heterocycles. The largest absolute Gasteiger partial charge is 0.397 e. The van der Waals surface area contributed by atoms with Gasteiger partial charge in [-0.1, -0.05) is 12.1 Å². The van der Waals surface area contributed by atoms with E-state index in [4.69, 9.17) is 11.0 Å². The number of amides is 2. The lowest BCUT2D eigenvalue weighted by Gasteiger charge is -2.19. The number of aromatic nitrogens is 1. The third kappa shape index (κ3) is 3.26. The molecule has 0 spiro atoms. The maximum absolute atomic E-state index is 13.4. The molecule has 134 valence electrons. The number of alkyl halides is 2. The summed E-state index contributed by atoms with van der Waals surface area (Å²) < 4.78 is 26.8. The molecule has 0 radical (unpaired) electrons. The molecule has 3 N–H and O–H groups in total. The number of halogens is 2. The van der Waals surface area contributed by atoms with Crippen LogP contribution in [0.15, 0.2) is 30.5 Å². The molecule has 0 unspecified atom stereocenters. The van der Waals surface area contributed by atoms with Crippen LogP contribution in [0, 0.1) is 11.3 Å². The summed E-state index contributed by atoms with van der Waals surface area (Å²) in [6.07, 6.45) is 0.722. The summed E-state index contributed by atoms with van der Waals surface area (Å²) in [5.41, 5.74) is 6.95. The summed E-state index contributed by atoms with van der Waals surface area (Å²) in [5, 5.41) is 11.9. The summed E-state index contributed by atoms with van der Waals surface area (Å²) in [4.78, 5) is 29.5. The van der Waals surface area contributed by atoms with Gasteiger partial charge in [-0.15, -0.1) is 0 Å². The van der Waals surface area contributed by atoms with Crippen molar-refractivity contribution in [1.82, 2.24) is 15.2 Å². The molecule has 0 saturated carbocycles. The van der Waals surface area contributed by atoms with Gasteiger partial charge in [-0.25, -0.2) is 8.78 Å². The number of fused-ring (bicyclic) bond motifs is 1. The number of hydrogen-bond donors (Lipinski definition) is 2. The highest BCUT2D eigenvalue weighted by Crippen LogP contribution is 2.31. The van der Waals surface area contributed by atoms with Crippen LogP contribution in [0.2, 0.25) is 0 Å². The van der Waals surface area contributed by atoms with Gasteiger partial charge in [0.2, 0.25) is 5.91 Å². The van der Waals surface area contributed by atoms with Gasteiger partial charge in [-0.05, 0) is 12.1 Å². The topological polar surface area (TPSA) is 112 Å². The number of nitriles is 1. The van der Waals surface area contributed by atoms with Crippen LogP contribution >= 0.6 is 0 Å². The van der Waals surface area contributed by atoms with E-state index in [1.54, 1.807) is 24.3 Å². The second-order valence-corrected chi connectivity index (χ2v) is 6.01. The molecule has 9 heteroatoms. The molecule has 1 aromatic heterocycles. The first-order valence-electron chi connectivity index (χ1n) is 7.81. The Kier molecular flexibility index (Phi) is 4.42. The summed E-state index contributed by atoms with van der Waals surface area (Å²) in [6.45, 7) is -1.31. The van der Waals surface area contributed by atoms with Crippen LogP contribution < -0.4 is 11.1 Å². The molecule has 1 aromatic carbocycles. The highest BCUT2D eigenvalue weighted by atomic mass is 19.3. The van der Waals surface area contributed by atoms with Gasteiger partial charge in [0.15, 0.2) is 0 Å². The van der Waals surface area contributed by atoms with Crippen molar-refractivity contribution < 1.29 is 18.4 Å². The Morgan fingerprint density at radius 1 is 1.42 bits per heavy atom. The number of para-hydroxylation sites is 1. The Hall–Kier alpha value is -3.28. The van der Waals surface area contributed by atoms with Crippen LogP contribution in [0.3, 0.4) is 0 Å². The Bertz CT molecular complexity index is 925. The molecule has 1 aliphatic rings. The van der Waals surface area contributed by atoms with Gasteiger partial charge in [-0.3, -0.25) is 14.6 Å². The van der Waals surface area contributed by atoms with E-state index in [2.05, 4.69) is 10.3 Å². The predicted octanol–water partition coefficient (Wildman–Crippen LogP) is 1.31. The van der Waals surface area contributed by atoms with E-state index < -0.39 is 43.3 Å². The number of hydrogen-bond acceptors (Lipinski definition) is 5. The smallest absolute Gasteiger partial charge is 0.268 e. The molecule has 0 aliphatic carbocycles. The monoisotopic (exact) mass is 359 g/mol. The fourth-order valence-electron chi connectivity index (χ4n) is 2.94.